The molecule has 2 unspecified atom stereocenters. The van der Waals surface area contributed by atoms with Gasteiger partial charge in [-0.15, -0.1) is 0 Å². The van der Waals surface area contributed by atoms with Crippen LogP contribution in [-0.2, 0) is 14.3 Å². The summed E-state index contributed by atoms with van der Waals surface area (Å²) in [6, 6.07) is 0. The molecule has 0 saturated carbocycles. The molecule has 0 spiro atoms. The number of nitrogens with zero attached hydrogens (tertiary/aromatic N) is 1. The van der Waals surface area contributed by atoms with Crippen LogP contribution < -0.4 is 5.32 Å². The van der Waals surface area contributed by atoms with Gasteiger partial charge in [-0.3, -0.25) is 4.79 Å². The summed E-state index contributed by atoms with van der Waals surface area (Å²) in [5.41, 5.74) is 0. The quantitative estimate of drug-likeness (QED) is 0.716. The highest BCUT2D eigenvalue weighted by Crippen LogP contribution is 2.18. The highest BCUT2D eigenvalue weighted by molar-refractivity contribution is 5.79. The molecule has 0 aromatic heterocycles. The number of hydrogen-bond donors (Lipinski definition) is 1. The SMILES string of the molecule is COCCN(CCOC)C(=O)C1CNCC(C)C1. The van der Waals surface area contributed by atoms with Gasteiger partial charge in [-0.05, 0) is 18.9 Å². The van der Waals surface area contributed by atoms with Crippen molar-refractivity contribution in [1.29, 1.82) is 0 Å². The van der Waals surface area contributed by atoms with Crippen molar-refractivity contribution in [3.8, 4) is 0 Å². The maximum absolute atomic E-state index is 12.4. The smallest absolute Gasteiger partial charge is 0.227 e. The monoisotopic (exact) mass is 258 g/mol. The molecule has 1 fully saturated rings. The Balaban J connectivity index is 2.50. The van der Waals surface area contributed by atoms with E-state index < -0.39 is 0 Å². The van der Waals surface area contributed by atoms with Gasteiger partial charge in [0.1, 0.15) is 0 Å². The van der Waals surface area contributed by atoms with Crippen LogP contribution >= 0.6 is 0 Å². The van der Waals surface area contributed by atoms with Gasteiger partial charge in [-0.2, -0.15) is 0 Å². The number of rotatable bonds is 7. The Morgan fingerprint density at radius 3 is 2.33 bits per heavy atom. The van der Waals surface area contributed by atoms with Crippen LogP contribution in [0.1, 0.15) is 13.3 Å². The summed E-state index contributed by atoms with van der Waals surface area (Å²) in [6.45, 7) is 6.42. The molecule has 1 aliphatic rings. The summed E-state index contributed by atoms with van der Waals surface area (Å²) in [4.78, 5) is 14.3. The summed E-state index contributed by atoms with van der Waals surface area (Å²) in [7, 11) is 3.31. The van der Waals surface area contributed by atoms with Gasteiger partial charge >= 0.3 is 0 Å². The normalized spacial score (nSPS) is 23.9. The van der Waals surface area contributed by atoms with E-state index in [2.05, 4.69) is 12.2 Å². The van der Waals surface area contributed by atoms with Gasteiger partial charge in [-0.25, -0.2) is 0 Å². The van der Waals surface area contributed by atoms with E-state index in [-0.39, 0.29) is 11.8 Å². The Labute approximate surface area is 110 Å². The third-order valence-corrected chi connectivity index (χ3v) is 3.36. The third-order valence-electron chi connectivity index (χ3n) is 3.36. The lowest BCUT2D eigenvalue weighted by atomic mass is 9.91. The Hall–Kier alpha value is -0.650. The molecule has 0 aromatic carbocycles. The summed E-state index contributed by atoms with van der Waals surface area (Å²) < 4.78 is 10.1. The zero-order valence-corrected chi connectivity index (χ0v) is 11.8. The number of piperidine rings is 1. The van der Waals surface area contributed by atoms with Crippen LogP contribution in [0.3, 0.4) is 0 Å². The molecule has 2 atom stereocenters. The summed E-state index contributed by atoms with van der Waals surface area (Å²) in [5.74, 6) is 0.894. The molecule has 5 heteroatoms. The topological polar surface area (TPSA) is 50.8 Å². The number of ether oxygens (including phenoxy) is 2. The van der Waals surface area contributed by atoms with E-state index in [0.717, 1.165) is 19.5 Å². The van der Waals surface area contributed by atoms with E-state index in [4.69, 9.17) is 9.47 Å². The van der Waals surface area contributed by atoms with Crippen LogP contribution in [0.25, 0.3) is 0 Å². The van der Waals surface area contributed by atoms with Gasteiger partial charge in [0.15, 0.2) is 0 Å². The predicted octanol–water partition coefficient (Wildman–Crippen LogP) is 0.353. The number of carbonyl (C=O) groups excluding carboxylic acids is 1. The first-order valence-electron chi connectivity index (χ1n) is 6.66. The van der Waals surface area contributed by atoms with Gasteiger partial charge in [0, 0.05) is 33.9 Å². The fourth-order valence-electron chi connectivity index (χ4n) is 2.34. The Bertz CT molecular complexity index is 240. The number of methoxy groups -OCH3 is 2. The van der Waals surface area contributed by atoms with Gasteiger partial charge in [-0.1, -0.05) is 6.92 Å². The molecule has 106 valence electrons. The van der Waals surface area contributed by atoms with Gasteiger partial charge in [0.25, 0.3) is 0 Å². The molecule has 0 bridgehead atoms. The molecular formula is C13H26N2O3. The Morgan fingerprint density at radius 2 is 1.83 bits per heavy atom. The van der Waals surface area contributed by atoms with E-state index in [9.17, 15) is 4.79 Å². The zero-order valence-electron chi connectivity index (χ0n) is 11.8. The minimum atomic E-state index is 0.0995. The Kier molecular flexibility index (Phi) is 7.23. The molecule has 0 aliphatic carbocycles. The molecule has 1 N–H and O–H groups in total. The number of carbonyl (C=O) groups is 1. The van der Waals surface area contributed by atoms with Gasteiger partial charge in [0.2, 0.25) is 5.91 Å². The molecular weight excluding hydrogens is 232 g/mol. The van der Waals surface area contributed by atoms with Crippen molar-refractivity contribution in [2.24, 2.45) is 11.8 Å². The molecule has 1 heterocycles. The van der Waals surface area contributed by atoms with Crippen molar-refractivity contribution < 1.29 is 14.3 Å². The van der Waals surface area contributed by atoms with E-state index in [1.54, 1.807) is 14.2 Å². The maximum atomic E-state index is 12.4. The van der Waals surface area contributed by atoms with Crippen molar-refractivity contribution in [3.05, 3.63) is 0 Å². The molecule has 1 aliphatic heterocycles. The number of amides is 1. The Morgan fingerprint density at radius 1 is 1.22 bits per heavy atom. The first-order chi connectivity index (χ1) is 8.69. The molecule has 1 amide bonds. The molecule has 0 aromatic rings. The highest BCUT2D eigenvalue weighted by Gasteiger charge is 2.28. The zero-order chi connectivity index (χ0) is 13.4. The number of hydrogen-bond acceptors (Lipinski definition) is 4. The molecule has 5 nitrogen and oxygen atoms in total. The lowest BCUT2D eigenvalue weighted by Gasteiger charge is -2.32. The third kappa shape index (κ3) is 4.92. The molecule has 1 saturated heterocycles. The van der Waals surface area contributed by atoms with Crippen molar-refractivity contribution in [2.75, 3.05) is 53.6 Å². The molecule has 0 radical (unpaired) electrons. The molecule has 18 heavy (non-hydrogen) atoms. The van der Waals surface area contributed by atoms with Crippen molar-refractivity contribution in [1.82, 2.24) is 10.2 Å². The van der Waals surface area contributed by atoms with Gasteiger partial charge in [0.05, 0.1) is 19.1 Å². The van der Waals surface area contributed by atoms with Crippen LogP contribution in [0.15, 0.2) is 0 Å². The predicted molar refractivity (Wildman–Crippen MR) is 70.5 cm³/mol. The fourth-order valence-corrected chi connectivity index (χ4v) is 2.34. The van der Waals surface area contributed by atoms with Gasteiger partial charge < -0.3 is 19.7 Å². The lowest BCUT2D eigenvalue weighted by Crippen LogP contribution is -2.47. The lowest BCUT2D eigenvalue weighted by molar-refractivity contribution is -0.137. The van der Waals surface area contributed by atoms with Crippen LogP contribution in [0.5, 0.6) is 0 Å². The summed E-state index contributed by atoms with van der Waals surface area (Å²) in [6.07, 6.45) is 0.975. The second kappa shape index (κ2) is 8.45. The van der Waals surface area contributed by atoms with Crippen molar-refractivity contribution in [3.63, 3.8) is 0 Å². The summed E-state index contributed by atoms with van der Waals surface area (Å²) in [5, 5.41) is 3.32. The second-order valence-electron chi connectivity index (χ2n) is 5.01. The van der Waals surface area contributed by atoms with Crippen LogP contribution in [0.4, 0.5) is 0 Å². The van der Waals surface area contributed by atoms with E-state index in [1.807, 2.05) is 4.90 Å². The molecule has 1 rings (SSSR count). The first kappa shape index (κ1) is 15.4. The largest absolute Gasteiger partial charge is 0.383 e. The average molecular weight is 258 g/mol. The number of nitrogens with one attached hydrogen (secondary N) is 1. The minimum Gasteiger partial charge on any atom is -0.383 e. The standard InChI is InChI=1S/C13H26N2O3/c1-11-8-12(10-14-9-11)13(16)15(4-6-17-2)5-7-18-3/h11-12,14H,4-10H2,1-3H3. The van der Waals surface area contributed by atoms with Crippen LogP contribution in [0.2, 0.25) is 0 Å². The average Bonchev–Trinajstić information content (AvgIpc) is 2.38. The maximum Gasteiger partial charge on any atom is 0.227 e. The minimum absolute atomic E-state index is 0.0995. The van der Waals surface area contributed by atoms with Crippen molar-refractivity contribution in [2.45, 2.75) is 13.3 Å². The van der Waals surface area contributed by atoms with Crippen LogP contribution in [-0.4, -0.2) is 64.4 Å². The van der Waals surface area contributed by atoms with Crippen LogP contribution in [0, 0.1) is 11.8 Å². The summed E-state index contributed by atoms with van der Waals surface area (Å²) >= 11 is 0. The van der Waals surface area contributed by atoms with E-state index in [0.29, 0.717) is 32.2 Å². The van der Waals surface area contributed by atoms with Crippen molar-refractivity contribution >= 4 is 5.91 Å². The highest BCUT2D eigenvalue weighted by atomic mass is 16.5. The second-order valence-corrected chi connectivity index (χ2v) is 5.01. The first-order valence-corrected chi connectivity index (χ1v) is 6.66. The van der Waals surface area contributed by atoms with E-state index >= 15 is 0 Å². The fraction of sp³-hybridized carbons (Fsp3) is 0.923. The van der Waals surface area contributed by atoms with E-state index in [1.165, 1.54) is 0 Å².